The number of unbranched alkanes of at least 4 members (excludes halogenated alkanes) is 28. The topological polar surface area (TPSA) is 218 Å². The van der Waals surface area contributed by atoms with E-state index >= 15 is 0 Å². The van der Waals surface area contributed by atoms with Crippen molar-refractivity contribution < 1.29 is 85.4 Å². The van der Waals surface area contributed by atoms with Crippen molar-refractivity contribution in [2.45, 2.75) is 296 Å². The van der Waals surface area contributed by atoms with Crippen LogP contribution >= 0.6 is 11.6 Å². The van der Waals surface area contributed by atoms with Crippen molar-refractivity contribution >= 4 is 29.2 Å². The smallest absolute Gasteiger partial charge is 1.00 e. The summed E-state index contributed by atoms with van der Waals surface area (Å²) in [6, 6.07) is -0.664. The van der Waals surface area contributed by atoms with Crippen LogP contribution in [0, 0.1) is 0 Å². The molecule has 0 aliphatic rings. The number of carbonyl (C=O) groups is 3. The number of ether oxygens (including phenoxy) is 2. The molecule has 0 saturated heterocycles. The van der Waals surface area contributed by atoms with Gasteiger partial charge in [-0.05, 0) is 50.1 Å². The molecule has 0 heterocycles. The third-order valence-electron chi connectivity index (χ3n) is 12.0. The molecule has 0 aromatic heterocycles. The number of aliphatic hydroxyl groups excluding tert-OH is 4. The second-order valence-electron chi connectivity index (χ2n) is 19.0. The molecule has 1 amide bonds. The van der Waals surface area contributed by atoms with Gasteiger partial charge in [-0.1, -0.05) is 220 Å². The van der Waals surface area contributed by atoms with Crippen molar-refractivity contribution in [2.75, 3.05) is 39.6 Å². The fraction of sp³-hybridized carbons (Fsp3) is 0.945. The molecule has 0 aromatic rings. The van der Waals surface area contributed by atoms with Crippen molar-refractivity contribution in [1.29, 1.82) is 0 Å². The molecule has 0 aromatic carbocycles. The van der Waals surface area contributed by atoms with Gasteiger partial charge in [-0.2, -0.15) is 0 Å². The molecular weight excluding hydrogens is 923 g/mol. The number of hydrogen-bond donors (Lipinski definition) is 7. The number of hydrogen-bond acceptors (Lipinski definition) is 12. The molecular formula is C55H114ClN2NaO11. The van der Waals surface area contributed by atoms with Gasteiger partial charge in [0.25, 0.3) is 0 Å². The summed E-state index contributed by atoms with van der Waals surface area (Å²) < 4.78 is 10.8. The molecule has 0 aliphatic carbocycles. The third-order valence-corrected chi connectivity index (χ3v) is 12.2. The number of amides is 1. The van der Waals surface area contributed by atoms with E-state index in [1.54, 1.807) is 0 Å². The number of rotatable bonds is 50. The summed E-state index contributed by atoms with van der Waals surface area (Å²) in [7, 11) is 0. The second-order valence-corrected chi connectivity index (χ2v) is 19.4. The van der Waals surface area contributed by atoms with Crippen LogP contribution in [-0.4, -0.2) is 107 Å². The van der Waals surface area contributed by atoms with E-state index in [9.17, 15) is 24.9 Å². The number of nitrogens with two attached hydrogens (primary N) is 1. The summed E-state index contributed by atoms with van der Waals surface area (Å²) in [5.41, 5.74) is 5.48. The van der Waals surface area contributed by atoms with E-state index in [-0.39, 0.29) is 86.1 Å². The molecule has 4 atom stereocenters. The average molecular weight is 1040 g/mol. The van der Waals surface area contributed by atoms with Crippen LogP contribution in [0.25, 0.3) is 0 Å². The van der Waals surface area contributed by atoms with Crippen molar-refractivity contribution in [3.63, 3.8) is 0 Å². The van der Waals surface area contributed by atoms with E-state index in [0.29, 0.717) is 52.1 Å². The molecule has 0 unspecified atom stereocenters. The molecule has 0 fully saturated rings. The normalized spacial score (nSPS) is 12.4. The van der Waals surface area contributed by atoms with E-state index in [1.807, 2.05) is 0 Å². The summed E-state index contributed by atoms with van der Waals surface area (Å²) in [6.07, 6.45) is 43.9. The SMILES string of the molecule is CCCCCCCCCCCCCC(=O)Cl.CCCCCCCCCCCCCC(=O)N[C@@H](CO)COCC[C@H](O)CCCCCCC.CCCCCCC[C@@H](O)CCOC[C@@H](N)CO.O=COO.[H-].[Na+]. The van der Waals surface area contributed by atoms with Gasteiger partial charge in [0.2, 0.25) is 11.1 Å². The molecule has 13 nitrogen and oxygen atoms in total. The van der Waals surface area contributed by atoms with E-state index in [0.717, 1.165) is 51.4 Å². The predicted molar refractivity (Wildman–Crippen MR) is 288 cm³/mol. The first kappa shape index (κ1) is 78.5. The van der Waals surface area contributed by atoms with Crippen LogP contribution in [-0.2, 0) is 28.7 Å². The quantitative estimate of drug-likeness (QED) is 0.00757. The van der Waals surface area contributed by atoms with E-state index < -0.39 is 0 Å². The van der Waals surface area contributed by atoms with Gasteiger partial charge in [-0.3, -0.25) is 14.4 Å². The summed E-state index contributed by atoms with van der Waals surface area (Å²) in [5.74, 6) is -0.00399. The molecule has 0 spiro atoms. The number of carbonyl (C=O) groups excluding carboxylic acids is 3. The fourth-order valence-corrected chi connectivity index (χ4v) is 7.66. The van der Waals surface area contributed by atoms with Crippen LogP contribution in [0.1, 0.15) is 273 Å². The largest absolute Gasteiger partial charge is 1.00 e. The molecule has 0 aliphatic heterocycles. The number of aliphatic hydroxyl groups is 4. The maximum absolute atomic E-state index is 12.1. The van der Waals surface area contributed by atoms with E-state index in [4.69, 9.17) is 42.0 Å². The van der Waals surface area contributed by atoms with Gasteiger partial charge in [0.15, 0.2) is 0 Å². The first-order valence-corrected chi connectivity index (χ1v) is 28.6. The Morgan fingerprint density at radius 1 is 0.529 bits per heavy atom. The zero-order chi connectivity index (χ0) is 52.1. The number of nitrogens with one attached hydrogen (secondary N) is 1. The zero-order valence-corrected chi connectivity index (χ0v) is 48.9. The van der Waals surface area contributed by atoms with Gasteiger partial charge in [0.1, 0.15) is 0 Å². The molecule has 8 N–H and O–H groups in total. The van der Waals surface area contributed by atoms with Crippen LogP contribution in [0.4, 0.5) is 0 Å². The maximum Gasteiger partial charge on any atom is 1.00 e. The van der Waals surface area contributed by atoms with Gasteiger partial charge in [-0.25, -0.2) is 5.26 Å². The first-order chi connectivity index (χ1) is 33.5. The molecule has 15 heteroatoms. The minimum Gasteiger partial charge on any atom is -1.00 e. The van der Waals surface area contributed by atoms with Crippen molar-refractivity contribution in [2.24, 2.45) is 5.73 Å². The van der Waals surface area contributed by atoms with Crippen LogP contribution in [0.5, 0.6) is 0 Å². The van der Waals surface area contributed by atoms with Gasteiger partial charge in [-0.15, -0.1) is 0 Å². The van der Waals surface area contributed by atoms with Gasteiger partial charge in [0.05, 0.1) is 50.7 Å². The monoisotopic (exact) mass is 1040 g/mol. The van der Waals surface area contributed by atoms with Gasteiger partial charge >= 0.3 is 36.0 Å². The molecule has 0 rings (SSSR count). The fourth-order valence-electron chi connectivity index (χ4n) is 7.53. The first-order valence-electron chi connectivity index (χ1n) is 28.2. The van der Waals surface area contributed by atoms with Gasteiger partial charge < -0.3 is 47.3 Å². The van der Waals surface area contributed by atoms with Crippen LogP contribution in [0.3, 0.4) is 0 Å². The maximum atomic E-state index is 12.1. The van der Waals surface area contributed by atoms with Crippen LogP contribution < -0.4 is 40.6 Å². The molecule has 0 bridgehead atoms. The Labute approximate surface area is 458 Å². The Hall–Kier alpha value is -0.420. The van der Waals surface area contributed by atoms with Crippen molar-refractivity contribution in [1.82, 2.24) is 5.32 Å². The molecule has 70 heavy (non-hydrogen) atoms. The Balaban J connectivity index is -0.000000229. The Bertz CT molecular complexity index is 1000. The summed E-state index contributed by atoms with van der Waals surface area (Å²) in [4.78, 5) is 34.1. The second kappa shape index (κ2) is 70.7. The molecule has 0 radical (unpaired) electrons. The number of halogens is 1. The van der Waals surface area contributed by atoms with E-state index in [2.05, 4.69) is 37.9 Å². The Kier molecular flexibility index (Phi) is 79.2. The Morgan fingerprint density at radius 3 is 1.16 bits per heavy atom. The minimum atomic E-state index is -0.360. The van der Waals surface area contributed by atoms with E-state index in [1.165, 1.54) is 167 Å². The minimum absolute atomic E-state index is 0. The average Bonchev–Trinajstić information content (AvgIpc) is 3.34. The summed E-state index contributed by atoms with van der Waals surface area (Å²) in [6.45, 7) is 10.3. The Morgan fingerprint density at radius 2 is 0.843 bits per heavy atom. The van der Waals surface area contributed by atoms with Crippen LogP contribution in [0.2, 0.25) is 0 Å². The van der Waals surface area contributed by atoms with Crippen LogP contribution in [0.15, 0.2) is 0 Å². The van der Waals surface area contributed by atoms with Gasteiger partial charge in [0, 0.05) is 26.1 Å². The molecule has 418 valence electrons. The van der Waals surface area contributed by atoms with Crippen molar-refractivity contribution in [3.8, 4) is 0 Å². The standard InChI is InChI=1S/C27H55NO4.C14H27ClO.C13H29NO3.CH2O3.Na.H/c1-3-5-7-9-10-11-12-13-14-16-18-20-27(31)28-25(23-29)24-32-22-21-26(30)19-17-15-8-6-4-2;1-2-3-4-5-6-7-8-9-10-11-12-13-14(15)16;1-2-3-4-5-6-7-13(16)8-9-17-11-12(14)10-15;2-1-4-3;;/h25-26,29-30H,3-24H2,1-2H3,(H,28,31);2-13H2,1H3;12-13,15-16H,2-11,14H2,1H3;1,3H;;/q;;;;+1;-1/t25-,26+;;12-,13+;;;/m0.0.../s1. The molecule has 0 saturated carbocycles. The zero-order valence-electron chi connectivity index (χ0n) is 47.1. The summed E-state index contributed by atoms with van der Waals surface area (Å²) >= 11 is 5.26. The third kappa shape index (κ3) is 76.5. The van der Waals surface area contributed by atoms with Crippen molar-refractivity contribution in [3.05, 3.63) is 0 Å². The predicted octanol–water partition coefficient (Wildman–Crippen LogP) is 9.93. The summed E-state index contributed by atoms with van der Waals surface area (Å²) in [5, 5.41) is 47.5.